The van der Waals surface area contributed by atoms with Crippen molar-refractivity contribution < 1.29 is 0 Å². The van der Waals surface area contributed by atoms with Crippen molar-refractivity contribution in [2.75, 3.05) is 0 Å². The van der Waals surface area contributed by atoms with Gasteiger partial charge in [-0.25, -0.2) is 0 Å². The largest absolute Gasteiger partial charge is 0.397 e. The van der Waals surface area contributed by atoms with Gasteiger partial charge < -0.3 is 17.2 Å². The molecule has 1 aromatic carbocycles. The van der Waals surface area contributed by atoms with Gasteiger partial charge in [0, 0.05) is 17.2 Å². The van der Waals surface area contributed by atoms with Crippen LogP contribution in [0, 0.1) is 0 Å². The van der Waals surface area contributed by atoms with Crippen LogP contribution in [0.4, 0.5) is 0 Å². The zero-order chi connectivity index (χ0) is 16.3. The predicted molar refractivity (Wildman–Crippen MR) is 101 cm³/mol. The smallest absolute Gasteiger partial charge is 0.0658 e. The summed E-state index contributed by atoms with van der Waals surface area (Å²) in [5.41, 5.74) is 12.9. The van der Waals surface area contributed by atoms with E-state index in [1.165, 1.54) is 11.1 Å². The van der Waals surface area contributed by atoms with Crippen LogP contribution in [-0.4, -0.2) is 6.04 Å². The molecule has 3 nitrogen and oxygen atoms in total. The molecule has 0 spiro atoms. The van der Waals surface area contributed by atoms with Crippen LogP contribution in [0.2, 0.25) is 0 Å². The van der Waals surface area contributed by atoms with Gasteiger partial charge in [-0.3, -0.25) is 0 Å². The third-order valence-electron chi connectivity index (χ3n) is 4.08. The van der Waals surface area contributed by atoms with Crippen LogP contribution in [0.3, 0.4) is 0 Å². The Labute approximate surface area is 140 Å². The van der Waals surface area contributed by atoms with Gasteiger partial charge in [0.25, 0.3) is 0 Å². The Morgan fingerprint density at radius 3 is 2.43 bits per heavy atom. The molecule has 124 valence electrons. The molecule has 0 amide bonds. The molecule has 0 saturated carbocycles. The summed E-state index contributed by atoms with van der Waals surface area (Å²) in [5, 5.41) is 3.50. The highest BCUT2D eigenvalue weighted by Gasteiger charge is 2.22. The lowest BCUT2D eigenvalue weighted by molar-refractivity contribution is 0.671. The first-order valence-corrected chi connectivity index (χ1v) is 7.83. The maximum atomic E-state index is 6.55. The van der Waals surface area contributed by atoms with Gasteiger partial charge in [0.15, 0.2) is 0 Å². The molecule has 0 aromatic heterocycles. The first-order valence-electron chi connectivity index (χ1n) is 7.83. The number of nitrogens with two attached hydrogens (primary N) is 1. The summed E-state index contributed by atoms with van der Waals surface area (Å²) in [4.78, 5) is 0. The van der Waals surface area contributed by atoms with E-state index >= 15 is 0 Å². The van der Waals surface area contributed by atoms with Crippen molar-refractivity contribution in [1.29, 1.82) is 0 Å². The van der Waals surface area contributed by atoms with E-state index in [1.807, 2.05) is 18.2 Å². The molecule has 1 atom stereocenters. The third-order valence-corrected chi connectivity index (χ3v) is 4.08. The lowest BCUT2D eigenvalue weighted by Gasteiger charge is -2.27. The van der Waals surface area contributed by atoms with Crippen LogP contribution < -0.4 is 17.2 Å². The second-order valence-electron chi connectivity index (χ2n) is 6.13. The number of fused-ring (bicyclic) bond motifs is 1. The minimum Gasteiger partial charge on any atom is -0.397 e. The zero-order valence-corrected chi connectivity index (χ0v) is 14.5. The molecular weight excluding hydrogens is 282 g/mol. The fourth-order valence-corrected chi connectivity index (χ4v) is 3.03. The van der Waals surface area contributed by atoms with Gasteiger partial charge in [0.2, 0.25) is 0 Å². The SMILES string of the molecule is C=C/C1=C(C=C)/C(NC(C)C)=C(/N)c2ccccc2C(C)C1.N. The summed E-state index contributed by atoms with van der Waals surface area (Å²) in [6.45, 7) is 14.4. The highest BCUT2D eigenvalue weighted by atomic mass is 14.9. The van der Waals surface area contributed by atoms with E-state index in [-0.39, 0.29) is 6.15 Å². The maximum absolute atomic E-state index is 6.55. The molecular formula is C20H29N3. The number of rotatable bonds is 4. The monoisotopic (exact) mass is 311 g/mol. The Kier molecular flexibility index (Phi) is 6.40. The highest BCUT2D eigenvalue weighted by Crippen LogP contribution is 2.36. The number of benzene rings is 1. The summed E-state index contributed by atoms with van der Waals surface area (Å²) >= 11 is 0. The van der Waals surface area contributed by atoms with E-state index in [4.69, 9.17) is 5.73 Å². The Hall–Kier alpha value is -2.26. The van der Waals surface area contributed by atoms with Crippen molar-refractivity contribution in [3.8, 4) is 0 Å². The summed E-state index contributed by atoms with van der Waals surface area (Å²) in [6.07, 6.45) is 4.74. The molecule has 0 aliphatic heterocycles. The van der Waals surface area contributed by atoms with Gasteiger partial charge in [-0.15, -0.1) is 0 Å². The number of hydrogen-bond acceptors (Lipinski definition) is 3. The normalized spacial score (nSPS) is 24.1. The van der Waals surface area contributed by atoms with Crippen LogP contribution in [0.15, 0.2) is 66.4 Å². The van der Waals surface area contributed by atoms with Crippen molar-refractivity contribution in [2.24, 2.45) is 5.73 Å². The number of allylic oxidation sites excluding steroid dienone is 3. The van der Waals surface area contributed by atoms with Crippen molar-refractivity contribution in [1.82, 2.24) is 11.5 Å². The average Bonchev–Trinajstić information content (AvgIpc) is 2.51. The molecule has 1 unspecified atom stereocenters. The standard InChI is InChI=1S/C20H26N2.H3N/c1-6-15-12-14(5)17-10-8-9-11-18(17)19(21)20(16(15)7-2)22-13(3)4;/h6-11,13-14,22H,1-2,12,21H2,3-5H3;1H3/b16-15-,20-19-;. The van der Waals surface area contributed by atoms with E-state index < -0.39 is 0 Å². The van der Waals surface area contributed by atoms with Crippen molar-refractivity contribution >= 4 is 5.70 Å². The van der Waals surface area contributed by atoms with Crippen LogP contribution in [0.25, 0.3) is 5.70 Å². The predicted octanol–water partition coefficient (Wildman–Crippen LogP) is 4.65. The number of hydrogen-bond donors (Lipinski definition) is 3. The molecule has 0 saturated heterocycles. The number of nitrogens with one attached hydrogen (secondary N) is 1. The third kappa shape index (κ3) is 3.74. The molecule has 0 bridgehead atoms. The van der Waals surface area contributed by atoms with E-state index in [2.05, 4.69) is 57.4 Å². The fraction of sp³-hybridized carbons (Fsp3) is 0.300. The van der Waals surface area contributed by atoms with Crippen molar-refractivity contribution in [3.05, 3.63) is 77.5 Å². The maximum Gasteiger partial charge on any atom is 0.0658 e. The summed E-state index contributed by atoms with van der Waals surface area (Å²) in [6, 6.07) is 8.67. The molecule has 0 fully saturated rings. The Bertz CT molecular complexity index is 651. The molecule has 6 N–H and O–H groups in total. The van der Waals surface area contributed by atoms with E-state index in [1.54, 1.807) is 0 Å². The lowest BCUT2D eigenvalue weighted by atomic mass is 9.83. The van der Waals surface area contributed by atoms with Crippen molar-refractivity contribution in [3.63, 3.8) is 0 Å². The second kappa shape index (κ2) is 7.84. The zero-order valence-electron chi connectivity index (χ0n) is 14.5. The lowest BCUT2D eigenvalue weighted by Crippen LogP contribution is -2.27. The van der Waals surface area contributed by atoms with Crippen LogP contribution in [0.1, 0.15) is 44.2 Å². The summed E-state index contributed by atoms with van der Waals surface area (Å²) < 4.78 is 0. The van der Waals surface area contributed by atoms with Gasteiger partial charge in [-0.1, -0.05) is 56.5 Å². The van der Waals surface area contributed by atoms with Crippen LogP contribution in [-0.2, 0) is 0 Å². The molecule has 1 aliphatic carbocycles. The van der Waals surface area contributed by atoms with E-state index in [9.17, 15) is 0 Å². The van der Waals surface area contributed by atoms with Gasteiger partial charge in [0.05, 0.1) is 11.4 Å². The highest BCUT2D eigenvalue weighted by molar-refractivity contribution is 5.75. The Morgan fingerprint density at radius 2 is 1.87 bits per heavy atom. The molecule has 0 radical (unpaired) electrons. The quantitative estimate of drug-likeness (QED) is 0.757. The molecule has 23 heavy (non-hydrogen) atoms. The average molecular weight is 311 g/mol. The van der Waals surface area contributed by atoms with Crippen LogP contribution >= 0.6 is 0 Å². The first-order chi connectivity index (χ1) is 10.5. The minimum atomic E-state index is 0. The van der Waals surface area contributed by atoms with Crippen LogP contribution in [0.5, 0.6) is 0 Å². The molecule has 1 aromatic rings. The Balaban J connectivity index is 0.00000264. The topological polar surface area (TPSA) is 73.0 Å². The minimum absolute atomic E-state index is 0. The van der Waals surface area contributed by atoms with E-state index in [0.29, 0.717) is 12.0 Å². The van der Waals surface area contributed by atoms with Gasteiger partial charge in [-0.2, -0.15) is 0 Å². The van der Waals surface area contributed by atoms with Gasteiger partial charge >= 0.3 is 0 Å². The summed E-state index contributed by atoms with van der Waals surface area (Å²) in [5.74, 6) is 0.387. The Morgan fingerprint density at radius 1 is 1.22 bits per heavy atom. The first kappa shape index (κ1) is 18.8. The van der Waals surface area contributed by atoms with Crippen molar-refractivity contribution in [2.45, 2.75) is 39.2 Å². The molecule has 1 aliphatic rings. The van der Waals surface area contributed by atoms with E-state index in [0.717, 1.165) is 29.0 Å². The molecule has 0 heterocycles. The molecule has 3 heteroatoms. The van der Waals surface area contributed by atoms with Gasteiger partial charge in [-0.05, 0) is 37.3 Å². The molecule has 2 rings (SSSR count). The second-order valence-corrected chi connectivity index (χ2v) is 6.13. The fourth-order valence-electron chi connectivity index (χ4n) is 3.03. The van der Waals surface area contributed by atoms with Gasteiger partial charge in [0.1, 0.15) is 0 Å². The summed E-state index contributed by atoms with van der Waals surface area (Å²) in [7, 11) is 0.